The Labute approximate surface area is 83.3 Å². The van der Waals surface area contributed by atoms with Crippen LogP contribution in [0.25, 0.3) is 0 Å². The molecule has 1 aliphatic heterocycles. The monoisotopic (exact) mass is 191 g/mol. The SMILES string of the molecule is C=C/C=C1/NCC(=O)N(C)/C1=N/C=C. The summed E-state index contributed by atoms with van der Waals surface area (Å²) in [5.41, 5.74) is 0.780. The first-order valence-electron chi connectivity index (χ1n) is 4.23. The molecule has 0 bridgehead atoms. The van der Waals surface area contributed by atoms with Crippen LogP contribution in [0.3, 0.4) is 0 Å². The van der Waals surface area contributed by atoms with Crippen LogP contribution in [0.1, 0.15) is 0 Å². The molecule has 0 radical (unpaired) electrons. The summed E-state index contributed by atoms with van der Waals surface area (Å²) < 4.78 is 0. The van der Waals surface area contributed by atoms with Crippen LogP contribution in [0.4, 0.5) is 0 Å². The maximum Gasteiger partial charge on any atom is 0.247 e. The summed E-state index contributed by atoms with van der Waals surface area (Å²) in [6.07, 6.45) is 4.82. The summed E-state index contributed by atoms with van der Waals surface area (Å²) in [5, 5.41) is 2.96. The highest BCUT2D eigenvalue weighted by atomic mass is 16.2. The Morgan fingerprint density at radius 2 is 2.29 bits per heavy atom. The topological polar surface area (TPSA) is 44.7 Å². The minimum atomic E-state index is -0.0215. The average molecular weight is 191 g/mol. The van der Waals surface area contributed by atoms with E-state index in [4.69, 9.17) is 0 Å². The number of allylic oxidation sites excluding steroid dienone is 2. The molecular weight excluding hydrogens is 178 g/mol. The Kier molecular flexibility index (Phi) is 3.23. The third kappa shape index (κ3) is 1.90. The molecule has 1 rings (SSSR count). The smallest absolute Gasteiger partial charge is 0.247 e. The molecule has 0 saturated carbocycles. The molecule has 1 amide bonds. The van der Waals surface area contributed by atoms with Gasteiger partial charge in [0.1, 0.15) is 0 Å². The van der Waals surface area contributed by atoms with Crippen LogP contribution in [0.2, 0.25) is 0 Å². The van der Waals surface area contributed by atoms with Gasteiger partial charge in [-0.05, 0) is 6.08 Å². The van der Waals surface area contributed by atoms with E-state index in [1.54, 1.807) is 19.2 Å². The lowest BCUT2D eigenvalue weighted by Crippen LogP contribution is -2.48. The van der Waals surface area contributed by atoms with Crippen molar-refractivity contribution in [2.45, 2.75) is 0 Å². The second-order valence-corrected chi connectivity index (χ2v) is 2.76. The Morgan fingerprint density at radius 1 is 1.57 bits per heavy atom. The molecule has 1 heterocycles. The maximum atomic E-state index is 11.3. The van der Waals surface area contributed by atoms with Gasteiger partial charge < -0.3 is 5.32 Å². The molecular formula is C10H13N3O. The number of carbonyl (C=O) groups is 1. The fourth-order valence-corrected chi connectivity index (χ4v) is 1.16. The molecule has 4 heteroatoms. The summed E-state index contributed by atoms with van der Waals surface area (Å²) in [6, 6.07) is 0. The zero-order chi connectivity index (χ0) is 10.6. The minimum Gasteiger partial charge on any atom is -0.373 e. The lowest BCUT2D eigenvalue weighted by atomic mass is 10.2. The Morgan fingerprint density at radius 3 is 2.86 bits per heavy atom. The van der Waals surface area contributed by atoms with Crippen molar-refractivity contribution < 1.29 is 4.79 Å². The molecule has 1 saturated heterocycles. The molecule has 1 N–H and O–H groups in total. The third-order valence-corrected chi connectivity index (χ3v) is 1.86. The molecule has 0 aromatic carbocycles. The van der Waals surface area contributed by atoms with Crippen molar-refractivity contribution in [2.75, 3.05) is 13.6 Å². The van der Waals surface area contributed by atoms with Gasteiger partial charge in [-0.3, -0.25) is 9.69 Å². The van der Waals surface area contributed by atoms with E-state index in [-0.39, 0.29) is 12.5 Å². The molecule has 14 heavy (non-hydrogen) atoms. The van der Waals surface area contributed by atoms with Crippen molar-refractivity contribution in [2.24, 2.45) is 4.99 Å². The van der Waals surface area contributed by atoms with Gasteiger partial charge in [-0.15, -0.1) is 0 Å². The van der Waals surface area contributed by atoms with Gasteiger partial charge in [-0.2, -0.15) is 0 Å². The van der Waals surface area contributed by atoms with Crippen molar-refractivity contribution in [3.05, 3.63) is 37.2 Å². The molecule has 0 unspecified atom stereocenters. The number of rotatable bonds is 2. The van der Waals surface area contributed by atoms with E-state index in [0.717, 1.165) is 5.70 Å². The van der Waals surface area contributed by atoms with Crippen LogP contribution in [0.5, 0.6) is 0 Å². The van der Waals surface area contributed by atoms with E-state index in [9.17, 15) is 4.79 Å². The normalized spacial score (nSPS) is 22.4. The Bertz CT molecular complexity index is 328. The number of carbonyl (C=O) groups excluding carboxylic acids is 1. The first kappa shape index (κ1) is 10.2. The lowest BCUT2D eigenvalue weighted by molar-refractivity contribution is -0.125. The number of amides is 1. The van der Waals surface area contributed by atoms with E-state index in [2.05, 4.69) is 23.5 Å². The molecule has 0 aromatic rings. The van der Waals surface area contributed by atoms with Crippen molar-refractivity contribution in [3.8, 4) is 0 Å². The van der Waals surface area contributed by atoms with Gasteiger partial charge in [-0.25, -0.2) is 4.99 Å². The van der Waals surface area contributed by atoms with Gasteiger partial charge in [0.15, 0.2) is 5.84 Å². The predicted molar refractivity (Wildman–Crippen MR) is 56.7 cm³/mol. The van der Waals surface area contributed by atoms with E-state index in [0.29, 0.717) is 5.84 Å². The van der Waals surface area contributed by atoms with Crippen LogP contribution < -0.4 is 5.32 Å². The second-order valence-electron chi connectivity index (χ2n) is 2.76. The highest BCUT2D eigenvalue weighted by Crippen LogP contribution is 2.06. The number of nitrogens with one attached hydrogen (secondary N) is 1. The number of piperazine rings is 1. The van der Waals surface area contributed by atoms with E-state index < -0.39 is 0 Å². The van der Waals surface area contributed by atoms with Crippen molar-refractivity contribution >= 4 is 11.7 Å². The number of aliphatic imine (C=N–C) groups is 1. The zero-order valence-electron chi connectivity index (χ0n) is 8.16. The number of amidine groups is 1. The third-order valence-electron chi connectivity index (χ3n) is 1.86. The molecule has 0 aromatic heterocycles. The lowest BCUT2D eigenvalue weighted by Gasteiger charge is -2.27. The van der Waals surface area contributed by atoms with Gasteiger partial charge in [0.25, 0.3) is 0 Å². The van der Waals surface area contributed by atoms with E-state index >= 15 is 0 Å². The van der Waals surface area contributed by atoms with Crippen molar-refractivity contribution in [3.63, 3.8) is 0 Å². The fourth-order valence-electron chi connectivity index (χ4n) is 1.16. The second kappa shape index (κ2) is 4.41. The number of likely N-dealkylation sites (N-methyl/N-ethyl adjacent to an activating group) is 1. The van der Waals surface area contributed by atoms with Crippen LogP contribution in [-0.2, 0) is 4.79 Å². The van der Waals surface area contributed by atoms with Gasteiger partial charge in [0, 0.05) is 13.2 Å². The zero-order valence-corrected chi connectivity index (χ0v) is 8.16. The number of hydrogen-bond acceptors (Lipinski definition) is 3. The number of nitrogens with zero attached hydrogens (tertiary/aromatic N) is 2. The fraction of sp³-hybridized carbons (Fsp3) is 0.200. The molecule has 1 aliphatic rings. The van der Waals surface area contributed by atoms with Crippen LogP contribution >= 0.6 is 0 Å². The van der Waals surface area contributed by atoms with Crippen LogP contribution in [0.15, 0.2) is 42.2 Å². The Balaban J connectivity index is 3.05. The van der Waals surface area contributed by atoms with Gasteiger partial charge >= 0.3 is 0 Å². The van der Waals surface area contributed by atoms with Crippen LogP contribution in [0, 0.1) is 0 Å². The van der Waals surface area contributed by atoms with Crippen molar-refractivity contribution in [1.29, 1.82) is 0 Å². The van der Waals surface area contributed by atoms with E-state index in [1.165, 1.54) is 11.1 Å². The van der Waals surface area contributed by atoms with Gasteiger partial charge in [-0.1, -0.05) is 19.2 Å². The summed E-state index contributed by atoms with van der Waals surface area (Å²) in [5.74, 6) is 0.544. The summed E-state index contributed by atoms with van der Waals surface area (Å²) >= 11 is 0. The van der Waals surface area contributed by atoms with Gasteiger partial charge in [0.05, 0.1) is 12.2 Å². The Hall–Kier alpha value is -1.84. The highest BCUT2D eigenvalue weighted by molar-refractivity contribution is 6.10. The standard InChI is InChI=1S/C10H13N3O/c1-4-6-8-10(11-5-2)13(3)9(14)7-12-8/h4-6,12H,1-2,7H2,3H3/b8-6+,11-10+. The summed E-state index contributed by atoms with van der Waals surface area (Å²) in [7, 11) is 1.68. The van der Waals surface area contributed by atoms with Gasteiger partial charge in [0.2, 0.25) is 5.91 Å². The van der Waals surface area contributed by atoms with E-state index in [1.807, 2.05) is 0 Å². The maximum absolute atomic E-state index is 11.3. The van der Waals surface area contributed by atoms with Crippen LogP contribution in [-0.4, -0.2) is 30.2 Å². The first-order chi connectivity index (χ1) is 6.70. The quantitative estimate of drug-likeness (QED) is 0.697. The molecule has 74 valence electrons. The average Bonchev–Trinajstić information content (AvgIpc) is 2.18. The molecule has 0 atom stereocenters. The highest BCUT2D eigenvalue weighted by Gasteiger charge is 2.23. The molecule has 0 spiro atoms. The molecule has 4 nitrogen and oxygen atoms in total. The molecule has 0 aliphatic carbocycles. The largest absolute Gasteiger partial charge is 0.373 e. The molecule has 1 fully saturated rings. The predicted octanol–water partition coefficient (Wildman–Crippen LogP) is 0.660. The first-order valence-corrected chi connectivity index (χ1v) is 4.23. The number of hydrogen-bond donors (Lipinski definition) is 1. The summed E-state index contributed by atoms with van der Waals surface area (Å²) in [4.78, 5) is 16.8. The minimum absolute atomic E-state index is 0.0215. The summed E-state index contributed by atoms with van der Waals surface area (Å²) in [6.45, 7) is 7.38. The van der Waals surface area contributed by atoms with Crippen molar-refractivity contribution in [1.82, 2.24) is 10.2 Å².